The van der Waals surface area contributed by atoms with Crippen LogP contribution in [0.5, 0.6) is 5.88 Å². The molecule has 0 fully saturated rings. The van der Waals surface area contributed by atoms with Gasteiger partial charge in [-0.3, -0.25) is 14.5 Å². The van der Waals surface area contributed by atoms with Crippen LogP contribution in [-0.2, 0) is 16.0 Å². The number of hydrogen-bond acceptors (Lipinski definition) is 10. The number of anilines is 7. The molecule has 2 N–H and O–H groups in total. The number of amides is 2. The summed E-state index contributed by atoms with van der Waals surface area (Å²) < 4.78 is 5.59. The van der Waals surface area contributed by atoms with E-state index in [4.69, 9.17) is 4.74 Å². The normalized spacial score (nSPS) is 12.4. The molecule has 2 aromatic heterocycles. The molecule has 0 atom stereocenters. The van der Waals surface area contributed by atoms with Crippen LogP contribution in [0.25, 0.3) is 0 Å². The molecule has 3 aromatic rings. The van der Waals surface area contributed by atoms with E-state index in [0.29, 0.717) is 29.6 Å². The third-order valence-corrected chi connectivity index (χ3v) is 6.77. The quantitative estimate of drug-likeness (QED) is 0.252. The molecule has 0 bridgehead atoms. The van der Waals surface area contributed by atoms with Crippen molar-refractivity contribution < 1.29 is 14.3 Å². The molecule has 216 valence electrons. The molecule has 1 aromatic carbocycles. The molecule has 2 amide bonds. The van der Waals surface area contributed by atoms with Gasteiger partial charge in [0.15, 0.2) is 5.82 Å². The van der Waals surface area contributed by atoms with E-state index in [2.05, 4.69) is 48.0 Å². The van der Waals surface area contributed by atoms with E-state index in [9.17, 15) is 9.59 Å². The molecule has 41 heavy (non-hydrogen) atoms. The first-order chi connectivity index (χ1) is 19.7. The van der Waals surface area contributed by atoms with Crippen molar-refractivity contribution in [2.45, 2.75) is 12.8 Å². The standard InChI is InChI=1S/C29H37N9O3/c1-7-25(40)31-21-18-22(28(41-6)34-27(21)37(5)17-16-35(2)3)32-29-30-14-13-24(33-29)38(19-39)23-12-8-10-20-11-9-15-36(4)26(20)23/h7-8,10,12-14,18-19H,1,9,11,15-17H2,2-6H3,(H,31,40)(H,30,32,33). The summed E-state index contributed by atoms with van der Waals surface area (Å²) in [5.74, 6) is 1.07. The minimum Gasteiger partial charge on any atom is -0.479 e. The maximum absolute atomic E-state index is 12.4. The zero-order valence-corrected chi connectivity index (χ0v) is 24.2. The number of methoxy groups -OCH3 is 1. The van der Waals surface area contributed by atoms with Crippen LogP contribution in [0.1, 0.15) is 12.0 Å². The second kappa shape index (κ2) is 13.1. The fraction of sp³-hybridized carbons (Fsp3) is 0.345. The lowest BCUT2D eigenvalue weighted by atomic mass is 10.0. The van der Waals surface area contributed by atoms with Gasteiger partial charge in [-0.25, -0.2) is 4.98 Å². The second-order valence-electron chi connectivity index (χ2n) is 9.98. The first-order valence-electron chi connectivity index (χ1n) is 13.3. The number of hydrogen-bond donors (Lipinski definition) is 2. The van der Waals surface area contributed by atoms with E-state index in [1.165, 1.54) is 23.6 Å². The van der Waals surface area contributed by atoms with Crippen LogP contribution in [0.4, 0.5) is 40.3 Å². The third kappa shape index (κ3) is 6.72. The molecule has 3 heterocycles. The average molecular weight is 560 g/mol. The van der Waals surface area contributed by atoms with Gasteiger partial charge in [0.1, 0.15) is 11.5 Å². The highest BCUT2D eigenvalue weighted by atomic mass is 16.5. The SMILES string of the molecule is C=CC(=O)Nc1cc(Nc2nccc(N(C=O)c3cccc4c3N(C)CCC4)n2)c(OC)nc1N(C)CCN(C)C. The number of rotatable bonds is 12. The van der Waals surface area contributed by atoms with Crippen molar-refractivity contribution in [3.8, 4) is 5.88 Å². The van der Waals surface area contributed by atoms with Crippen LogP contribution in [0.2, 0.25) is 0 Å². The Labute approximate surface area is 240 Å². The number of aromatic nitrogens is 3. The Morgan fingerprint density at radius 1 is 1.17 bits per heavy atom. The van der Waals surface area contributed by atoms with Crippen molar-refractivity contribution in [3.05, 3.63) is 54.7 Å². The number of fused-ring (bicyclic) bond motifs is 1. The summed E-state index contributed by atoms with van der Waals surface area (Å²) in [5, 5.41) is 5.98. The fourth-order valence-electron chi connectivity index (χ4n) is 4.69. The summed E-state index contributed by atoms with van der Waals surface area (Å²) in [6.45, 7) is 5.91. The number of ether oxygens (including phenoxy) is 1. The first kappa shape index (κ1) is 29.3. The summed E-state index contributed by atoms with van der Waals surface area (Å²) in [6, 6.07) is 9.35. The van der Waals surface area contributed by atoms with Gasteiger partial charge in [0, 0.05) is 39.9 Å². The van der Waals surface area contributed by atoms with Crippen molar-refractivity contribution in [1.82, 2.24) is 19.9 Å². The van der Waals surface area contributed by atoms with E-state index in [-0.39, 0.29) is 17.7 Å². The Hall–Kier alpha value is -4.71. The predicted molar refractivity (Wildman–Crippen MR) is 163 cm³/mol. The number of nitrogens with one attached hydrogen (secondary N) is 2. The largest absolute Gasteiger partial charge is 0.479 e. The summed E-state index contributed by atoms with van der Waals surface area (Å²) in [5.41, 5.74) is 3.85. The van der Waals surface area contributed by atoms with Gasteiger partial charge in [-0.05, 0) is 56.8 Å². The Morgan fingerprint density at radius 3 is 2.68 bits per heavy atom. The highest BCUT2D eigenvalue weighted by Crippen LogP contribution is 2.39. The first-order valence-corrected chi connectivity index (χ1v) is 13.3. The number of likely N-dealkylation sites (N-methyl/N-ethyl adjacent to an activating group) is 2. The van der Waals surface area contributed by atoms with Gasteiger partial charge in [-0.2, -0.15) is 9.97 Å². The van der Waals surface area contributed by atoms with E-state index < -0.39 is 0 Å². The van der Waals surface area contributed by atoms with E-state index in [1.807, 2.05) is 45.2 Å². The molecule has 0 aliphatic carbocycles. The van der Waals surface area contributed by atoms with Crippen LogP contribution < -0.4 is 30.1 Å². The second-order valence-corrected chi connectivity index (χ2v) is 9.98. The number of carbonyl (C=O) groups is 2. The van der Waals surface area contributed by atoms with Gasteiger partial charge >= 0.3 is 0 Å². The van der Waals surface area contributed by atoms with Crippen LogP contribution in [0, 0.1) is 0 Å². The topological polar surface area (TPSA) is 119 Å². The summed E-state index contributed by atoms with van der Waals surface area (Å²) in [6.07, 6.45) is 5.54. The molecular formula is C29H37N9O3. The molecule has 1 aliphatic rings. The lowest BCUT2D eigenvalue weighted by molar-refractivity contribution is -0.112. The maximum atomic E-state index is 12.4. The van der Waals surface area contributed by atoms with E-state index >= 15 is 0 Å². The van der Waals surface area contributed by atoms with Gasteiger partial charge in [0.2, 0.25) is 24.1 Å². The third-order valence-electron chi connectivity index (χ3n) is 6.77. The van der Waals surface area contributed by atoms with Gasteiger partial charge in [-0.15, -0.1) is 0 Å². The van der Waals surface area contributed by atoms with Crippen molar-refractivity contribution in [3.63, 3.8) is 0 Å². The van der Waals surface area contributed by atoms with E-state index in [1.54, 1.807) is 18.3 Å². The van der Waals surface area contributed by atoms with Gasteiger partial charge in [0.25, 0.3) is 0 Å². The van der Waals surface area contributed by atoms with Crippen LogP contribution in [-0.4, -0.2) is 87.1 Å². The van der Waals surface area contributed by atoms with Crippen molar-refractivity contribution >= 4 is 52.7 Å². The van der Waals surface area contributed by atoms with Crippen LogP contribution >= 0.6 is 0 Å². The number of para-hydroxylation sites is 1. The van der Waals surface area contributed by atoms with Crippen molar-refractivity contribution in [1.29, 1.82) is 0 Å². The summed E-state index contributed by atoms with van der Waals surface area (Å²) >= 11 is 0. The molecule has 0 saturated heterocycles. The van der Waals surface area contributed by atoms with Crippen LogP contribution in [0.15, 0.2) is 49.2 Å². The zero-order chi connectivity index (χ0) is 29.5. The predicted octanol–water partition coefficient (Wildman–Crippen LogP) is 3.42. The van der Waals surface area contributed by atoms with Crippen molar-refractivity contribution in [2.24, 2.45) is 0 Å². The molecular weight excluding hydrogens is 522 g/mol. The highest BCUT2D eigenvalue weighted by Gasteiger charge is 2.23. The maximum Gasteiger partial charge on any atom is 0.247 e. The smallest absolute Gasteiger partial charge is 0.247 e. The Morgan fingerprint density at radius 2 is 1.98 bits per heavy atom. The Bertz CT molecular complexity index is 1410. The summed E-state index contributed by atoms with van der Waals surface area (Å²) in [4.78, 5) is 46.0. The molecule has 0 radical (unpaired) electrons. The number of nitrogens with zero attached hydrogens (tertiary/aromatic N) is 7. The molecule has 12 nitrogen and oxygen atoms in total. The molecule has 1 aliphatic heterocycles. The molecule has 4 rings (SSSR count). The van der Waals surface area contributed by atoms with Gasteiger partial charge < -0.3 is 30.1 Å². The Balaban J connectivity index is 1.69. The molecule has 0 saturated carbocycles. The lowest BCUT2D eigenvalue weighted by Gasteiger charge is -2.32. The van der Waals surface area contributed by atoms with Gasteiger partial charge in [0.05, 0.1) is 24.2 Å². The monoisotopic (exact) mass is 559 g/mol. The number of benzene rings is 1. The fourth-order valence-corrected chi connectivity index (χ4v) is 4.69. The zero-order valence-electron chi connectivity index (χ0n) is 24.2. The molecule has 12 heteroatoms. The number of aryl methyl sites for hydroxylation is 1. The molecule has 0 spiro atoms. The number of carbonyl (C=O) groups excluding carboxylic acids is 2. The molecule has 0 unspecified atom stereocenters. The minimum atomic E-state index is -0.374. The average Bonchev–Trinajstić information content (AvgIpc) is 2.96. The van der Waals surface area contributed by atoms with E-state index in [0.717, 1.165) is 43.7 Å². The number of pyridine rings is 1. The van der Waals surface area contributed by atoms with Gasteiger partial charge in [-0.1, -0.05) is 18.7 Å². The minimum absolute atomic E-state index is 0.224. The van der Waals surface area contributed by atoms with Crippen molar-refractivity contribution in [2.75, 3.05) is 80.3 Å². The van der Waals surface area contributed by atoms with Crippen LogP contribution in [0.3, 0.4) is 0 Å². The Kier molecular flexibility index (Phi) is 9.35. The highest BCUT2D eigenvalue weighted by molar-refractivity contribution is 6.01. The summed E-state index contributed by atoms with van der Waals surface area (Å²) in [7, 11) is 9.41. The lowest BCUT2D eigenvalue weighted by Crippen LogP contribution is -2.30.